The number of amides is 2. The first-order valence-electron chi connectivity index (χ1n) is 8.34. The molecule has 0 saturated carbocycles. The highest BCUT2D eigenvalue weighted by Crippen LogP contribution is 2.38. The average Bonchev–Trinajstić information content (AvgIpc) is 3.28. The minimum atomic E-state index is -0.637. The number of benzene rings is 1. The molecule has 0 saturated heterocycles. The fourth-order valence-corrected chi connectivity index (χ4v) is 2.60. The number of hydrogen-bond acceptors (Lipinski definition) is 5. The zero-order chi connectivity index (χ0) is 19.2. The Morgan fingerprint density at radius 3 is 2.81 bits per heavy atom. The third-order valence-corrected chi connectivity index (χ3v) is 3.85. The number of furan rings is 1. The molecule has 3 rings (SSSR count). The van der Waals surface area contributed by atoms with Gasteiger partial charge in [0, 0.05) is 18.0 Å². The first kappa shape index (κ1) is 18.1. The van der Waals surface area contributed by atoms with E-state index in [-0.39, 0.29) is 18.1 Å². The van der Waals surface area contributed by atoms with Crippen molar-refractivity contribution in [3.63, 3.8) is 0 Å². The molecule has 3 aromatic rings. The van der Waals surface area contributed by atoms with Crippen LogP contribution in [-0.4, -0.2) is 28.0 Å². The lowest BCUT2D eigenvalue weighted by Gasteiger charge is -2.00. The summed E-state index contributed by atoms with van der Waals surface area (Å²) in [5.74, 6) is -0.623. The fraction of sp³-hybridized carbons (Fsp3) is 0.158. The van der Waals surface area contributed by atoms with Crippen LogP contribution in [0.1, 0.15) is 12.7 Å². The van der Waals surface area contributed by atoms with Crippen LogP contribution in [0.15, 0.2) is 63.4 Å². The second-order valence-corrected chi connectivity index (χ2v) is 5.59. The first-order chi connectivity index (χ1) is 13.1. The molecule has 2 N–H and O–H groups in total. The first-order valence-corrected chi connectivity index (χ1v) is 8.34. The lowest BCUT2D eigenvalue weighted by Crippen LogP contribution is -2.26. The Labute approximate surface area is 154 Å². The summed E-state index contributed by atoms with van der Waals surface area (Å²) in [6, 6.07) is 10.7. The van der Waals surface area contributed by atoms with Crippen LogP contribution in [0.4, 0.5) is 5.69 Å². The van der Waals surface area contributed by atoms with Crippen LogP contribution in [0.3, 0.4) is 0 Å². The van der Waals surface area contributed by atoms with Gasteiger partial charge in [0.15, 0.2) is 5.69 Å². The van der Waals surface area contributed by atoms with E-state index in [0.717, 1.165) is 5.52 Å². The summed E-state index contributed by atoms with van der Waals surface area (Å²) in [5, 5.41) is 20.9. The van der Waals surface area contributed by atoms with E-state index >= 15 is 0 Å². The number of aromatic nitrogens is 1. The molecular formula is C19H18N4O4. The van der Waals surface area contributed by atoms with E-state index in [2.05, 4.69) is 15.5 Å². The second kappa shape index (κ2) is 8.13. The largest absolute Gasteiger partial charge is 0.493 e. The molecule has 1 aromatic carbocycles. The number of rotatable bonds is 6. The summed E-state index contributed by atoms with van der Waals surface area (Å²) < 4.78 is 6.74. The van der Waals surface area contributed by atoms with E-state index < -0.39 is 11.8 Å². The van der Waals surface area contributed by atoms with Gasteiger partial charge in [-0.15, -0.1) is 10.2 Å². The zero-order valence-corrected chi connectivity index (χ0v) is 14.6. The molecule has 138 valence electrons. The molecule has 0 aliphatic rings. The Kier molecular flexibility index (Phi) is 5.46. The number of carbonyl (C=O) groups excluding carboxylic acids is 2. The molecule has 0 radical (unpaired) electrons. The number of carbonyl (C=O) groups is 2. The van der Waals surface area contributed by atoms with Gasteiger partial charge in [0.1, 0.15) is 12.3 Å². The Morgan fingerprint density at radius 2 is 2.07 bits per heavy atom. The molecule has 0 fully saturated rings. The average molecular weight is 366 g/mol. The summed E-state index contributed by atoms with van der Waals surface area (Å²) in [5.41, 5.74) is 1.03. The number of aromatic hydroxyl groups is 1. The maximum absolute atomic E-state index is 11.9. The number of para-hydroxylation sites is 1. The van der Waals surface area contributed by atoms with Gasteiger partial charge in [-0.05, 0) is 31.2 Å². The smallest absolute Gasteiger partial charge is 0.283 e. The highest BCUT2D eigenvalue weighted by atomic mass is 16.3. The van der Waals surface area contributed by atoms with Crippen LogP contribution >= 0.6 is 0 Å². The molecule has 8 heteroatoms. The third kappa shape index (κ3) is 4.12. The molecule has 0 aliphatic heterocycles. The fourth-order valence-electron chi connectivity index (χ4n) is 2.60. The molecule has 0 unspecified atom stereocenters. The van der Waals surface area contributed by atoms with Crippen LogP contribution in [-0.2, 0) is 16.1 Å². The standard InChI is InChI=1S/C19H18N4O4/c1-2-23-15-8-4-3-7-14(15)18(19(23)26)22-21-17(25)12-20-16(24)10-9-13-6-5-11-27-13/h3-11,26H,2,12H2,1H3,(H,20,24). The van der Waals surface area contributed by atoms with Crippen molar-refractivity contribution in [2.45, 2.75) is 13.5 Å². The van der Waals surface area contributed by atoms with E-state index in [1.54, 1.807) is 22.8 Å². The summed E-state index contributed by atoms with van der Waals surface area (Å²) >= 11 is 0. The predicted octanol–water partition coefficient (Wildman–Crippen LogP) is 3.40. The van der Waals surface area contributed by atoms with Crippen molar-refractivity contribution in [3.8, 4) is 5.88 Å². The Bertz CT molecular complexity index is 1020. The minimum Gasteiger partial charge on any atom is -0.493 e. The molecule has 0 atom stereocenters. The number of fused-ring (bicyclic) bond motifs is 1. The van der Waals surface area contributed by atoms with E-state index in [9.17, 15) is 14.7 Å². The number of nitrogens with zero attached hydrogens (tertiary/aromatic N) is 3. The molecule has 0 aliphatic carbocycles. The Morgan fingerprint density at radius 1 is 1.26 bits per heavy atom. The number of aryl methyl sites for hydroxylation is 1. The zero-order valence-electron chi connectivity index (χ0n) is 14.6. The van der Waals surface area contributed by atoms with E-state index in [0.29, 0.717) is 17.7 Å². The monoisotopic (exact) mass is 366 g/mol. The minimum absolute atomic E-state index is 0.0549. The van der Waals surface area contributed by atoms with Crippen LogP contribution < -0.4 is 5.32 Å². The highest BCUT2D eigenvalue weighted by Gasteiger charge is 2.15. The maximum Gasteiger partial charge on any atom is 0.283 e. The van der Waals surface area contributed by atoms with Gasteiger partial charge in [0.05, 0.1) is 11.8 Å². The molecule has 8 nitrogen and oxygen atoms in total. The van der Waals surface area contributed by atoms with Crippen molar-refractivity contribution >= 4 is 34.5 Å². The molecule has 0 bridgehead atoms. The SMILES string of the molecule is CCn1c(O)c(N=NC(=O)CNC(=O)C=Cc2ccco2)c2ccccc21. The molecule has 2 aromatic heterocycles. The van der Waals surface area contributed by atoms with Crippen LogP contribution in [0.5, 0.6) is 5.88 Å². The van der Waals surface area contributed by atoms with Gasteiger partial charge in [-0.1, -0.05) is 18.2 Å². The van der Waals surface area contributed by atoms with Gasteiger partial charge in [-0.2, -0.15) is 0 Å². The maximum atomic E-state index is 11.9. The van der Waals surface area contributed by atoms with Gasteiger partial charge >= 0.3 is 0 Å². The Balaban J connectivity index is 1.64. The normalized spacial score (nSPS) is 11.6. The predicted molar refractivity (Wildman–Crippen MR) is 99.6 cm³/mol. The van der Waals surface area contributed by atoms with Gasteiger partial charge in [-0.3, -0.25) is 9.59 Å². The summed E-state index contributed by atoms with van der Waals surface area (Å²) in [7, 11) is 0. The highest BCUT2D eigenvalue weighted by molar-refractivity contribution is 5.96. The van der Waals surface area contributed by atoms with Gasteiger partial charge < -0.3 is 19.4 Å². The van der Waals surface area contributed by atoms with Gasteiger partial charge in [-0.25, -0.2) is 0 Å². The quantitative estimate of drug-likeness (QED) is 0.515. The van der Waals surface area contributed by atoms with Gasteiger partial charge in [0.25, 0.3) is 5.91 Å². The summed E-state index contributed by atoms with van der Waals surface area (Å²) in [6.45, 7) is 2.13. The van der Waals surface area contributed by atoms with Crippen LogP contribution in [0, 0.1) is 0 Å². The van der Waals surface area contributed by atoms with E-state index in [1.807, 2.05) is 25.1 Å². The van der Waals surface area contributed by atoms with Crippen molar-refractivity contribution in [1.82, 2.24) is 9.88 Å². The van der Waals surface area contributed by atoms with Crippen molar-refractivity contribution < 1.29 is 19.1 Å². The van der Waals surface area contributed by atoms with Crippen LogP contribution in [0.2, 0.25) is 0 Å². The van der Waals surface area contributed by atoms with E-state index in [1.165, 1.54) is 18.4 Å². The lowest BCUT2D eigenvalue weighted by molar-refractivity contribution is -0.122. The van der Waals surface area contributed by atoms with E-state index in [4.69, 9.17) is 4.42 Å². The van der Waals surface area contributed by atoms with Crippen molar-refractivity contribution in [2.24, 2.45) is 10.2 Å². The third-order valence-electron chi connectivity index (χ3n) is 3.85. The lowest BCUT2D eigenvalue weighted by atomic mass is 10.2. The molecule has 0 spiro atoms. The van der Waals surface area contributed by atoms with Crippen molar-refractivity contribution in [2.75, 3.05) is 6.54 Å². The number of hydrogen-bond donors (Lipinski definition) is 2. The molecular weight excluding hydrogens is 348 g/mol. The van der Waals surface area contributed by atoms with Crippen molar-refractivity contribution in [1.29, 1.82) is 0 Å². The summed E-state index contributed by atoms with van der Waals surface area (Å²) in [4.78, 5) is 23.6. The number of nitrogens with one attached hydrogen (secondary N) is 1. The topological polar surface area (TPSA) is 109 Å². The molecule has 2 amide bonds. The Hall–Kier alpha value is -3.68. The number of azo groups is 1. The second-order valence-electron chi connectivity index (χ2n) is 5.59. The molecule has 2 heterocycles. The molecule has 27 heavy (non-hydrogen) atoms. The van der Waals surface area contributed by atoms with Crippen LogP contribution in [0.25, 0.3) is 17.0 Å². The van der Waals surface area contributed by atoms with Crippen molar-refractivity contribution in [3.05, 3.63) is 54.5 Å². The summed E-state index contributed by atoms with van der Waals surface area (Å²) in [6.07, 6.45) is 4.23. The van der Waals surface area contributed by atoms with Gasteiger partial charge in [0.2, 0.25) is 11.8 Å².